The Morgan fingerprint density at radius 1 is 1.30 bits per heavy atom. The van der Waals surface area contributed by atoms with Crippen LogP contribution in [0.1, 0.15) is 24.9 Å². The molecule has 6 heteroatoms. The van der Waals surface area contributed by atoms with Gasteiger partial charge in [0.15, 0.2) is 5.17 Å². The van der Waals surface area contributed by atoms with Gasteiger partial charge in [-0.25, -0.2) is 9.79 Å². The van der Waals surface area contributed by atoms with E-state index in [1.165, 1.54) is 7.11 Å². The van der Waals surface area contributed by atoms with Crippen molar-refractivity contribution in [3.63, 3.8) is 0 Å². The number of aliphatic imine (C=N–C) groups is 1. The third-order valence-electron chi connectivity index (χ3n) is 4.10. The maximum atomic E-state index is 12.4. The molecule has 1 atom stereocenters. The van der Waals surface area contributed by atoms with Gasteiger partial charge in [0.1, 0.15) is 5.75 Å². The number of fused-ring (bicyclic) bond motifs is 1. The molecule has 1 unspecified atom stereocenters. The van der Waals surface area contributed by atoms with Gasteiger partial charge in [-0.3, -0.25) is 0 Å². The van der Waals surface area contributed by atoms with Crippen molar-refractivity contribution >= 4 is 22.9 Å². The molecule has 1 saturated heterocycles. The van der Waals surface area contributed by atoms with Gasteiger partial charge in [0, 0.05) is 12.3 Å². The van der Waals surface area contributed by atoms with Crippen molar-refractivity contribution in [2.75, 3.05) is 26.5 Å². The van der Waals surface area contributed by atoms with E-state index in [1.807, 2.05) is 31.2 Å². The number of hydrogen-bond acceptors (Lipinski definition) is 6. The van der Waals surface area contributed by atoms with Crippen LogP contribution in [0.3, 0.4) is 0 Å². The highest BCUT2D eigenvalue weighted by Gasteiger charge is 2.37. The van der Waals surface area contributed by atoms with E-state index in [-0.39, 0.29) is 12.0 Å². The first kappa shape index (κ1) is 15.9. The monoisotopic (exact) mass is 332 g/mol. The van der Waals surface area contributed by atoms with Crippen LogP contribution in [0.25, 0.3) is 0 Å². The maximum absolute atomic E-state index is 12.4. The van der Waals surface area contributed by atoms with Crippen molar-refractivity contribution in [1.29, 1.82) is 0 Å². The highest BCUT2D eigenvalue weighted by atomic mass is 32.2. The quantitative estimate of drug-likeness (QED) is 0.797. The number of benzene rings is 1. The molecule has 1 aromatic carbocycles. The van der Waals surface area contributed by atoms with Gasteiger partial charge in [-0.2, -0.15) is 0 Å². The zero-order valence-corrected chi connectivity index (χ0v) is 14.4. The van der Waals surface area contributed by atoms with Crippen LogP contribution < -0.4 is 4.74 Å². The molecule has 2 aliphatic rings. The third kappa shape index (κ3) is 2.95. The second kappa shape index (κ2) is 6.66. The molecule has 0 N–H and O–H groups in total. The standard InChI is InChI=1S/C17H20N2O3S/c1-11-14(16(20)22-3)15(12-5-7-13(21-2)8-6-12)19-9-4-10-23-17(19)18-11/h5-8,15H,4,9-10H2,1-3H3. The summed E-state index contributed by atoms with van der Waals surface area (Å²) >= 11 is 1.74. The Morgan fingerprint density at radius 2 is 2.04 bits per heavy atom. The summed E-state index contributed by atoms with van der Waals surface area (Å²) in [4.78, 5) is 19.2. The minimum atomic E-state index is -0.318. The lowest BCUT2D eigenvalue weighted by Crippen LogP contribution is -2.42. The molecule has 2 heterocycles. The zero-order chi connectivity index (χ0) is 16.4. The molecular weight excluding hydrogens is 312 g/mol. The number of allylic oxidation sites excluding steroid dienone is 1. The summed E-state index contributed by atoms with van der Waals surface area (Å²) in [5.41, 5.74) is 2.39. The van der Waals surface area contributed by atoms with E-state index >= 15 is 0 Å². The predicted molar refractivity (Wildman–Crippen MR) is 91.7 cm³/mol. The first-order chi connectivity index (χ1) is 11.2. The van der Waals surface area contributed by atoms with Crippen LogP contribution in [-0.2, 0) is 9.53 Å². The van der Waals surface area contributed by atoms with Crippen molar-refractivity contribution in [1.82, 2.24) is 4.90 Å². The van der Waals surface area contributed by atoms with Gasteiger partial charge < -0.3 is 14.4 Å². The SMILES string of the molecule is COC(=O)C1=C(C)N=C2SCCCN2C1c1ccc(OC)cc1. The highest BCUT2D eigenvalue weighted by molar-refractivity contribution is 8.13. The molecule has 2 aliphatic heterocycles. The average Bonchev–Trinajstić information content (AvgIpc) is 2.60. The van der Waals surface area contributed by atoms with Gasteiger partial charge >= 0.3 is 5.97 Å². The number of methoxy groups -OCH3 is 2. The van der Waals surface area contributed by atoms with Crippen molar-refractivity contribution in [2.45, 2.75) is 19.4 Å². The highest BCUT2D eigenvalue weighted by Crippen LogP contribution is 2.40. The van der Waals surface area contributed by atoms with E-state index in [9.17, 15) is 4.79 Å². The first-order valence-electron chi connectivity index (χ1n) is 7.57. The number of carbonyl (C=O) groups is 1. The van der Waals surface area contributed by atoms with Crippen molar-refractivity contribution in [3.05, 3.63) is 41.1 Å². The van der Waals surface area contributed by atoms with Crippen LogP contribution >= 0.6 is 11.8 Å². The number of rotatable bonds is 3. The van der Waals surface area contributed by atoms with E-state index in [0.717, 1.165) is 40.9 Å². The molecule has 0 saturated carbocycles. The molecule has 0 amide bonds. The summed E-state index contributed by atoms with van der Waals surface area (Å²) in [6.45, 7) is 2.76. The van der Waals surface area contributed by atoms with Gasteiger partial charge in [-0.15, -0.1) is 0 Å². The smallest absolute Gasteiger partial charge is 0.338 e. The summed E-state index contributed by atoms with van der Waals surface area (Å²) in [6, 6.07) is 7.68. The maximum Gasteiger partial charge on any atom is 0.338 e. The Labute approximate surface area is 140 Å². The minimum absolute atomic E-state index is 0.159. The average molecular weight is 332 g/mol. The fraction of sp³-hybridized carbons (Fsp3) is 0.412. The molecule has 23 heavy (non-hydrogen) atoms. The molecule has 5 nitrogen and oxygen atoms in total. The number of carbonyl (C=O) groups excluding carboxylic acids is 1. The van der Waals surface area contributed by atoms with Crippen molar-refractivity contribution < 1.29 is 14.3 Å². The lowest BCUT2D eigenvalue weighted by Gasteiger charge is -2.40. The molecule has 1 fully saturated rings. The lowest BCUT2D eigenvalue weighted by molar-refractivity contribution is -0.136. The van der Waals surface area contributed by atoms with Gasteiger partial charge in [0.2, 0.25) is 0 Å². The summed E-state index contributed by atoms with van der Waals surface area (Å²) in [7, 11) is 3.06. The van der Waals surface area contributed by atoms with Gasteiger partial charge in [-0.1, -0.05) is 23.9 Å². The molecule has 0 aromatic heterocycles. The second-order valence-corrected chi connectivity index (χ2v) is 6.52. The van der Waals surface area contributed by atoms with E-state index in [2.05, 4.69) is 9.89 Å². The normalized spacial score (nSPS) is 20.7. The Hall–Kier alpha value is -1.95. The van der Waals surface area contributed by atoms with Crippen LogP contribution in [0.2, 0.25) is 0 Å². The number of nitrogens with zero attached hydrogens (tertiary/aromatic N) is 2. The van der Waals surface area contributed by atoms with Crippen LogP contribution in [0.4, 0.5) is 0 Å². The van der Waals surface area contributed by atoms with Crippen molar-refractivity contribution in [3.8, 4) is 5.75 Å². The topological polar surface area (TPSA) is 51.1 Å². The molecule has 0 bridgehead atoms. The molecule has 0 radical (unpaired) electrons. The minimum Gasteiger partial charge on any atom is -0.497 e. The molecule has 0 aliphatic carbocycles. The summed E-state index contributed by atoms with van der Waals surface area (Å²) in [6.07, 6.45) is 1.07. The zero-order valence-electron chi connectivity index (χ0n) is 13.5. The largest absolute Gasteiger partial charge is 0.497 e. The fourth-order valence-electron chi connectivity index (χ4n) is 2.97. The number of thioether (sulfide) groups is 1. The number of esters is 1. The van der Waals surface area contributed by atoms with Gasteiger partial charge in [0.05, 0.1) is 31.5 Å². The van der Waals surface area contributed by atoms with E-state index in [4.69, 9.17) is 9.47 Å². The van der Waals surface area contributed by atoms with Gasteiger partial charge in [-0.05, 0) is 31.0 Å². The number of hydrogen-bond donors (Lipinski definition) is 0. The third-order valence-corrected chi connectivity index (χ3v) is 5.17. The van der Waals surface area contributed by atoms with Crippen LogP contribution in [-0.4, -0.2) is 42.6 Å². The van der Waals surface area contributed by atoms with Crippen LogP contribution in [0, 0.1) is 0 Å². The van der Waals surface area contributed by atoms with Crippen molar-refractivity contribution in [2.24, 2.45) is 4.99 Å². The summed E-state index contributed by atoms with van der Waals surface area (Å²) in [5, 5.41) is 0.988. The predicted octanol–water partition coefficient (Wildman–Crippen LogP) is 2.99. The Bertz CT molecular complexity index is 667. The molecule has 122 valence electrons. The van der Waals surface area contributed by atoms with Crippen LogP contribution in [0.15, 0.2) is 40.5 Å². The Balaban J connectivity index is 2.08. The molecule has 0 spiro atoms. The Morgan fingerprint density at radius 3 is 2.70 bits per heavy atom. The Kier molecular flexibility index (Phi) is 4.61. The molecular formula is C17H20N2O3S. The lowest BCUT2D eigenvalue weighted by atomic mass is 9.94. The van der Waals surface area contributed by atoms with Crippen LogP contribution in [0.5, 0.6) is 5.75 Å². The summed E-state index contributed by atoms with van der Waals surface area (Å²) in [5.74, 6) is 1.54. The summed E-state index contributed by atoms with van der Waals surface area (Å²) < 4.78 is 10.2. The van der Waals surface area contributed by atoms with Gasteiger partial charge in [0.25, 0.3) is 0 Å². The van der Waals surface area contributed by atoms with E-state index in [0.29, 0.717) is 5.57 Å². The first-order valence-corrected chi connectivity index (χ1v) is 8.55. The molecule has 3 rings (SSSR count). The number of ether oxygens (including phenoxy) is 2. The molecule has 1 aromatic rings. The van der Waals surface area contributed by atoms with E-state index < -0.39 is 0 Å². The second-order valence-electron chi connectivity index (χ2n) is 5.46. The fourth-order valence-corrected chi connectivity index (χ4v) is 3.99. The number of amidine groups is 1. The van der Waals surface area contributed by atoms with E-state index in [1.54, 1.807) is 18.9 Å².